The van der Waals surface area contributed by atoms with Crippen LogP contribution in [0.15, 0.2) is 48.5 Å². The molecular formula is C22H25FN2O3. The number of likely N-dealkylation sites (tertiary alicyclic amines) is 1. The minimum absolute atomic E-state index is 0.0769. The summed E-state index contributed by atoms with van der Waals surface area (Å²) in [6.07, 6.45) is 1.46. The number of methoxy groups -OCH3 is 1. The Bertz CT molecular complexity index is 853. The third-order valence-corrected chi connectivity index (χ3v) is 5.21. The van der Waals surface area contributed by atoms with E-state index in [2.05, 4.69) is 5.32 Å². The molecule has 1 unspecified atom stereocenters. The number of hydrogen-bond acceptors (Lipinski definition) is 3. The van der Waals surface area contributed by atoms with Crippen molar-refractivity contribution in [2.24, 2.45) is 5.41 Å². The molecule has 0 bridgehead atoms. The van der Waals surface area contributed by atoms with Crippen LogP contribution >= 0.6 is 0 Å². The Hall–Kier alpha value is -2.89. The lowest BCUT2D eigenvalue weighted by molar-refractivity contribution is -0.132. The Morgan fingerprint density at radius 3 is 2.68 bits per heavy atom. The maximum absolute atomic E-state index is 13.1. The number of rotatable bonds is 5. The molecule has 2 aromatic carbocycles. The van der Waals surface area contributed by atoms with Crippen molar-refractivity contribution in [1.82, 2.24) is 10.2 Å². The minimum atomic E-state index is -0.660. The van der Waals surface area contributed by atoms with Gasteiger partial charge in [-0.3, -0.25) is 9.59 Å². The second-order valence-electron chi connectivity index (χ2n) is 7.43. The number of nitrogens with one attached hydrogen (secondary N) is 1. The van der Waals surface area contributed by atoms with Crippen LogP contribution in [0.2, 0.25) is 0 Å². The molecule has 0 aromatic heterocycles. The predicted octanol–water partition coefficient (Wildman–Crippen LogP) is 3.39. The van der Waals surface area contributed by atoms with Crippen LogP contribution in [-0.2, 0) is 11.3 Å². The maximum atomic E-state index is 13.1. The molecule has 2 amide bonds. The zero-order valence-electron chi connectivity index (χ0n) is 16.2. The van der Waals surface area contributed by atoms with E-state index in [0.29, 0.717) is 31.6 Å². The number of carbonyl (C=O) groups is 2. The number of amides is 2. The highest BCUT2D eigenvalue weighted by atomic mass is 19.1. The first kappa shape index (κ1) is 19.9. The van der Waals surface area contributed by atoms with Gasteiger partial charge >= 0.3 is 0 Å². The Morgan fingerprint density at radius 2 is 1.96 bits per heavy atom. The Kier molecular flexibility index (Phi) is 5.97. The van der Waals surface area contributed by atoms with E-state index in [0.717, 1.165) is 17.7 Å². The molecule has 1 aliphatic heterocycles. The number of hydrogen-bond donors (Lipinski definition) is 1. The third kappa shape index (κ3) is 4.50. The van der Waals surface area contributed by atoms with Crippen molar-refractivity contribution in [1.29, 1.82) is 0 Å². The number of nitrogens with zero attached hydrogens (tertiary/aromatic N) is 1. The summed E-state index contributed by atoms with van der Waals surface area (Å²) in [4.78, 5) is 27.3. The Morgan fingerprint density at radius 1 is 1.21 bits per heavy atom. The Balaban J connectivity index is 1.64. The fraction of sp³-hybridized carbons (Fsp3) is 0.364. The van der Waals surface area contributed by atoms with Crippen LogP contribution in [0.4, 0.5) is 4.39 Å². The standard InChI is InChI=1S/C22H25FN2O3/c1-22(21(27)24-14-16-5-3-6-19(13-16)28-2)11-4-12-25(15-22)20(26)17-7-9-18(23)10-8-17/h3,5-10,13H,4,11-12,14-15H2,1-2H3,(H,24,27). The van der Waals surface area contributed by atoms with Crippen molar-refractivity contribution in [3.8, 4) is 5.75 Å². The van der Waals surface area contributed by atoms with E-state index in [4.69, 9.17) is 4.74 Å². The molecule has 1 heterocycles. The van der Waals surface area contributed by atoms with Crippen molar-refractivity contribution in [3.63, 3.8) is 0 Å². The third-order valence-electron chi connectivity index (χ3n) is 5.21. The van der Waals surface area contributed by atoms with Gasteiger partial charge in [0.05, 0.1) is 12.5 Å². The summed E-state index contributed by atoms with van der Waals surface area (Å²) in [5, 5.41) is 2.99. The second kappa shape index (κ2) is 8.42. The Labute approximate surface area is 164 Å². The minimum Gasteiger partial charge on any atom is -0.497 e. The van der Waals surface area contributed by atoms with E-state index in [9.17, 15) is 14.0 Å². The summed E-state index contributed by atoms with van der Waals surface area (Å²) in [6, 6.07) is 13.1. The van der Waals surface area contributed by atoms with Crippen LogP contribution in [0, 0.1) is 11.2 Å². The first-order chi connectivity index (χ1) is 13.4. The predicted molar refractivity (Wildman–Crippen MR) is 104 cm³/mol. The molecule has 0 radical (unpaired) electrons. The highest BCUT2D eigenvalue weighted by Crippen LogP contribution is 2.30. The molecule has 3 rings (SSSR count). The smallest absolute Gasteiger partial charge is 0.253 e. The molecule has 148 valence electrons. The van der Waals surface area contributed by atoms with Gasteiger partial charge < -0.3 is 15.0 Å². The molecule has 2 aromatic rings. The van der Waals surface area contributed by atoms with Gasteiger partial charge in [-0.15, -0.1) is 0 Å². The highest BCUT2D eigenvalue weighted by molar-refractivity contribution is 5.95. The van der Waals surface area contributed by atoms with Crippen LogP contribution in [0.25, 0.3) is 0 Å². The number of benzene rings is 2. The average Bonchev–Trinajstić information content (AvgIpc) is 2.72. The van der Waals surface area contributed by atoms with Crippen LogP contribution in [0.3, 0.4) is 0 Å². The molecule has 0 spiro atoms. The normalized spacial score (nSPS) is 19.2. The molecule has 1 aliphatic rings. The number of carbonyl (C=O) groups excluding carboxylic acids is 2. The van der Waals surface area contributed by atoms with Gasteiger partial charge in [0.25, 0.3) is 5.91 Å². The van der Waals surface area contributed by atoms with Crippen molar-refractivity contribution >= 4 is 11.8 Å². The summed E-state index contributed by atoms with van der Waals surface area (Å²) >= 11 is 0. The van der Waals surface area contributed by atoms with Crippen molar-refractivity contribution in [3.05, 3.63) is 65.5 Å². The lowest BCUT2D eigenvalue weighted by Crippen LogP contribution is -2.51. The van der Waals surface area contributed by atoms with Gasteiger partial charge in [-0.05, 0) is 61.7 Å². The summed E-state index contributed by atoms with van der Waals surface area (Å²) in [6.45, 7) is 3.22. The molecule has 0 saturated carbocycles. The molecule has 28 heavy (non-hydrogen) atoms. The van der Waals surface area contributed by atoms with Gasteiger partial charge in [-0.1, -0.05) is 12.1 Å². The molecule has 5 nitrogen and oxygen atoms in total. The lowest BCUT2D eigenvalue weighted by atomic mass is 9.80. The van der Waals surface area contributed by atoms with Crippen LogP contribution in [-0.4, -0.2) is 36.9 Å². The van der Waals surface area contributed by atoms with Gasteiger partial charge in [-0.2, -0.15) is 0 Å². The number of piperidine rings is 1. The van der Waals surface area contributed by atoms with E-state index in [1.54, 1.807) is 12.0 Å². The summed E-state index contributed by atoms with van der Waals surface area (Å²) < 4.78 is 18.3. The fourth-order valence-corrected chi connectivity index (χ4v) is 3.55. The molecular weight excluding hydrogens is 359 g/mol. The molecule has 0 aliphatic carbocycles. The molecule has 1 saturated heterocycles. The SMILES string of the molecule is COc1cccc(CNC(=O)C2(C)CCCN(C(=O)c3ccc(F)cc3)C2)c1. The van der Waals surface area contributed by atoms with Crippen molar-refractivity contribution in [2.75, 3.05) is 20.2 Å². The summed E-state index contributed by atoms with van der Waals surface area (Å²) in [5.74, 6) is 0.113. The monoisotopic (exact) mass is 384 g/mol. The van der Waals surface area contributed by atoms with Gasteiger partial charge in [0.2, 0.25) is 5.91 Å². The van der Waals surface area contributed by atoms with Gasteiger partial charge in [0.1, 0.15) is 11.6 Å². The first-order valence-corrected chi connectivity index (χ1v) is 9.37. The maximum Gasteiger partial charge on any atom is 0.253 e. The summed E-state index contributed by atoms with van der Waals surface area (Å²) in [7, 11) is 1.60. The molecule has 1 fully saturated rings. The van der Waals surface area contributed by atoms with E-state index >= 15 is 0 Å². The van der Waals surface area contributed by atoms with E-state index in [1.807, 2.05) is 31.2 Å². The largest absolute Gasteiger partial charge is 0.497 e. The average molecular weight is 384 g/mol. The zero-order chi connectivity index (χ0) is 20.1. The fourth-order valence-electron chi connectivity index (χ4n) is 3.55. The molecule has 6 heteroatoms. The van der Waals surface area contributed by atoms with E-state index < -0.39 is 5.41 Å². The molecule has 1 atom stereocenters. The van der Waals surface area contributed by atoms with E-state index in [1.165, 1.54) is 24.3 Å². The number of ether oxygens (including phenoxy) is 1. The lowest BCUT2D eigenvalue weighted by Gasteiger charge is -2.39. The van der Waals surface area contributed by atoms with Gasteiger partial charge in [0, 0.05) is 25.2 Å². The van der Waals surface area contributed by atoms with Crippen LogP contribution in [0.1, 0.15) is 35.7 Å². The molecule has 1 N–H and O–H groups in total. The zero-order valence-corrected chi connectivity index (χ0v) is 16.2. The highest BCUT2D eigenvalue weighted by Gasteiger charge is 2.39. The van der Waals surface area contributed by atoms with Crippen LogP contribution < -0.4 is 10.1 Å². The summed E-state index contributed by atoms with van der Waals surface area (Å²) in [5.41, 5.74) is 0.723. The van der Waals surface area contributed by atoms with E-state index in [-0.39, 0.29) is 17.6 Å². The van der Waals surface area contributed by atoms with Crippen LogP contribution in [0.5, 0.6) is 5.75 Å². The van der Waals surface area contributed by atoms with Gasteiger partial charge in [-0.25, -0.2) is 4.39 Å². The number of halogens is 1. The topological polar surface area (TPSA) is 58.6 Å². The van der Waals surface area contributed by atoms with Gasteiger partial charge in [0.15, 0.2) is 0 Å². The quantitative estimate of drug-likeness (QED) is 0.860. The first-order valence-electron chi connectivity index (χ1n) is 9.37. The van der Waals surface area contributed by atoms with Crippen molar-refractivity contribution in [2.45, 2.75) is 26.3 Å². The second-order valence-corrected chi connectivity index (χ2v) is 7.43. The van der Waals surface area contributed by atoms with Crippen molar-refractivity contribution < 1.29 is 18.7 Å².